The lowest BCUT2D eigenvalue weighted by molar-refractivity contribution is -0.138. The second kappa shape index (κ2) is 6.35. The summed E-state index contributed by atoms with van der Waals surface area (Å²) in [5.74, 6) is -4.54. The zero-order valence-corrected chi connectivity index (χ0v) is 12.4. The van der Waals surface area contributed by atoms with Crippen LogP contribution in [0.4, 0.5) is 0 Å². The Balaban J connectivity index is 2.35. The SMILES string of the molecule is Cc1ccc(C(=O)C(C(=O)O)C(=O)c2ccc(C)cc2)cc1. The monoisotopic (exact) mass is 296 g/mol. The summed E-state index contributed by atoms with van der Waals surface area (Å²) in [5, 5.41) is 9.30. The van der Waals surface area contributed by atoms with Gasteiger partial charge in [0.05, 0.1) is 0 Å². The van der Waals surface area contributed by atoms with E-state index in [9.17, 15) is 19.5 Å². The maximum atomic E-state index is 12.4. The molecule has 2 aromatic rings. The largest absolute Gasteiger partial charge is 0.480 e. The van der Waals surface area contributed by atoms with Gasteiger partial charge in [-0.15, -0.1) is 0 Å². The van der Waals surface area contributed by atoms with Gasteiger partial charge in [-0.25, -0.2) is 0 Å². The summed E-state index contributed by atoms with van der Waals surface area (Å²) in [6.07, 6.45) is 0. The summed E-state index contributed by atoms with van der Waals surface area (Å²) < 4.78 is 0. The molecule has 0 aromatic heterocycles. The molecule has 0 radical (unpaired) electrons. The van der Waals surface area contributed by atoms with E-state index in [-0.39, 0.29) is 11.1 Å². The number of rotatable bonds is 5. The van der Waals surface area contributed by atoms with Crippen molar-refractivity contribution in [2.75, 3.05) is 0 Å². The highest BCUT2D eigenvalue weighted by molar-refractivity contribution is 6.26. The quantitative estimate of drug-likeness (QED) is 0.680. The molecule has 0 heterocycles. The molecule has 0 aliphatic heterocycles. The lowest BCUT2D eigenvalue weighted by atomic mass is 9.89. The molecule has 0 saturated carbocycles. The summed E-state index contributed by atoms with van der Waals surface area (Å²) in [7, 11) is 0. The van der Waals surface area contributed by atoms with Crippen molar-refractivity contribution in [1.29, 1.82) is 0 Å². The van der Waals surface area contributed by atoms with Gasteiger partial charge in [-0.2, -0.15) is 0 Å². The first kappa shape index (κ1) is 15.6. The number of carbonyl (C=O) groups is 3. The average Bonchev–Trinajstić information content (AvgIpc) is 2.48. The summed E-state index contributed by atoms with van der Waals surface area (Å²) in [4.78, 5) is 36.2. The second-order valence-corrected chi connectivity index (χ2v) is 5.23. The van der Waals surface area contributed by atoms with Crippen molar-refractivity contribution in [3.05, 3.63) is 70.8 Å². The summed E-state index contributed by atoms with van der Waals surface area (Å²) in [6.45, 7) is 3.72. The standard InChI is InChI=1S/C18H16O4/c1-11-3-7-13(8-4-11)16(19)15(18(21)22)17(20)14-9-5-12(2)6-10-14/h3-10,15H,1-2H3,(H,21,22). The highest BCUT2D eigenvalue weighted by Crippen LogP contribution is 2.17. The molecule has 4 heteroatoms. The smallest absolute Gasteiger partial charge is 0.322 e. The molecule has 2 aromatic carbocycles. The fourth-order valence-electron chi connectivity index (χ4n) is 2.11. The topological polar surface area (TPSA) is 71.4 Å². The number of aliphatic carboxylic acids is 1. The first-order valence-electron chi connectivity index (χ1n) is 6.84. The zero-order valence-electron chi connectivity index (χ0n) is 12.4. The molecular weight excluding hydrogens is 280 g/mol. The Hall–Kier alpha value is -2.75. The highest BCUT2D eigenvalue weighted by Gasteiger charge is 2.35. The molecule has 0 atom stereocenters. The second-order valence-electron chi connectivity index (χ2n) is 5.23. The number of carboxylic acid groups (broad SMARTS) is 1. The minimum Gasteiger partial charge on any atom is -0.480 e. The number of Topliss-reactive ketones (excluding diaryl/α,β-unsaturated/α-hetero) is 2. The molecule has 0 unspecified atom stereocenters. The van der Waals surface area contributed by atoms with Crippen molar-refractivity contribution in [2.45, 2.75) is 13.8 Å². The van der Waals surface area contributed by atoms with E-state index in [0.717, 1.165) is 11.1 Å². The van der Waals surface area contributed by atoms with Crippen LogP contribution in [-0.2, 0) is 4.79 Å². The minimum atomic E-state index is -1.72. The van der Waals surface area contributed by atoms with E-state index in [2.05, 4.69) is 0 Å². The van der Waals surface area contributed by atoms with Gasteiger partial charge in [0.15, 0.2) is 17.5 Å². The van der Waals surface area contributed by atoms with Crippen LogP contribution in [0.3, 0.4) is 0 Å². The van der Waals surface area contributed by atoms with Crippen LogP contribution in [0.25, 0.3) is 0 Å². The Morgan fingerprint density at radius 1 is 0.727 bits per heavy atom. The lowest BCUT2D eigenvalue weighted by Gasteiger charge is -2.11. The molecule has 1 N–H and O–H groups in total. The van der Waals surface area contributed by atoms with Crippen LogP contribution in [-0.4, -0.2) is 22.6 Å². The first-order chi connectivity index (χ1) is 10.4. The predicted octanol–water partition coefficient (Wildman–Crippen LogP) is 3.07. The van der Waals surface area contributed by atoms with Gasteiger partial charge in [0, 0.05) is 11.1 Å². The Morgan fingerprint density at radius 3 is 1.32 bits per heavy atom. The number of carbonyl (C=O) groups excluding carboxylic acids is 2. The number of ketones is 2. The van der Waals surface area contributed by atoms with Crippen molar-refractivity contribution < 1.29 is 19.5 Å². The number of hydrogen-bond acceptors (Lipinski definition) is 3. The summed E-state index contributed by atoms with van der Waals surface area (Å²) >= 11 is 0. The van der Waals surface area contributed by atoms with E-state index < -0.39 is 23.5 Å². The third-order valence-corrected chi connectivity index (χ3v) is 3.44. The first-order valence-corrected chi connectivity index (χ1v) is 6.84. The maximum absolute atomic E-state index is 12.4. The van der Waals surface area contributed by atoms with E-state index in [1.165, 1.54) is 24.3 Å². The average molecular weight is 296 g/mol. The fourth-order valence-corrected chi connectivity index (χ4v) is 2.11. The van der Waals surface area contributed by atoms with Crippen molar-refractivity contribution in [3.63, 3.8) is 0 Å². The molecule has 2 rings (SSSR count). The molecule has 22 heavy (non-hydrogen) atoms. The molecule has 0 amide bonds. The Morgan fingerprint density at radius 2 is 1.05 bits per heavy atom. The highest BCUT2D eigenvalue weighted by atomic mass is 16.4. The molecule has 0 bridgehead atoms. The normalized spacial score (nSPS) is 10.5. The third kappa shape index (κ3) is 3.28. The molecule has 112 valence electrons. The molecule has 4 nitrogen and oxygen atoms in total. The van der Waals surface area contributed by atoms with Crippen LogP contribution in [0.1, 0.15) is 31.8 Å². The van der Waals surface area contributed by atoms with Crippen molar-refractivity contribution >= 4 is 17.5 Å². The van der Waals surface area contributed by atoms with E-state index in [4.69, 9.17) is 0 Å². The Kier molecular flexibility index (Phi) is 4.51. The summed E-state index contributed by atoms with van der Waals surface area (Å²) in [5.41, 5.74) is 2.35. The summed E-state index contributed by atoms with van der Waals surface area (Å²) in [6, 6.07) is 13.0. The van der Waals surface area contributed by atoms with Gasteiger partial charge < -0.3 is 5.11 Å². The number of aryl methyl sites for hydroxylation is 2. The molecule has 0 aliphatic carbocycles. The van der Waals surface area contributed by atoms with Crippen LogP contribution >= 0.6 is 0 Å². The van der Waals surface area contributed by atoms with Gasteiger partial charge in [0.25, 0.3) is 0 Å². The van der Waals surface area contributed by atoms with Gasteiger partial charge in [0.1, 0.15) is 0 Å². The molecule has 0 aliphatic rings. The van der Waals surface area contributed by atoms with Crippen LogP contribution in [0.15, 0.2) is 48.5 Å². The van der Waals surface area contributed by atoms with Gasteiger partial charge in [-0.1, -0.05) is 59.7 Å². The maximum Gasteiger partial charge on any atom is 0.322 e. The van der Waals surface area contributed by atoms with E-state index in [0.29, 0.717) is 0 Å². The lowest BCUT2D eigenvalue weighted by Crippen LogP contribution is -2.32. The van der Waals surface area contributed by atoms with Gasteiger partial charge >= 0.3 is 5.97 Å². The zero-order chi connectivity index (χ0) is 16.3. The van der Waals surface area contributed by atoms with E-state index >= 15 is 0 Å². The minimum absolute atomic E-state index is 0.221. The van der Waals surface area contributed by atoms with Crippen LogP contribution < -0.4 is 0 Å². The predicted molar refractivity (Wildman–Crippen MR) is 82.1 cm³/mol. The number of benzene rings is 2. The number of carboxylic acids is 1. The molecule has 0 saturated heterocycles. The Labute approximate surface area is 128 Å². The van der Waals surface area contributed by atoms with Gasteiger partial charge in [0.2, 0.25) is 0 Å². The van der Waals surface area contributed by atoms with Crippen LogP contribution in [0.5, 0.6) is 0 Å². The molecular formula is C18H16O4. The Bertz CT molecular complexity index is 654. The van der Waals surface area contributed by atoms with Gasteiger partial charge in [-0.3, -0.25) is 14.4 Å². The fraction of sp³-hybridized carbons (Fsp3) is 0.167. The third-order valence-electron chi connectivity index (χ3n) is 3.44. The van der Waals surface area contributed by atoms with E-state index in [1.807, 2.05) is 13.8 Å². The van der Waals surface area contributed by atoms with Crippen molar-refractivity contribution in [2.24, 2.45) is 5.92 Å². The van der Waals surface area contributed by atoms with Gasteiger partial charge in [-0.05, 0) is 13.8 Å². The van der Waals surface area contributed by atoms with Crippen molar-refractivity contribution in [3.8, 4) is 0 Å². The van der Waals surface area contributed by atoms with Crippen molar-refractivity contribution in [1.82, 2.24) is 0 Å². The van der Waals surface area contributed by atoms with E-state index in [1.54, 1.807) is 24.3 Å². The molecule has 0 spiro atoms. The van der Waals surface area contributed by atoms with Crippen LogP contribution in [0.2, 0.25) is 0 Å². The van der Waals surface area contributed by atoms with Crippen LogP contribution in [0, 0.1) is 19.8 Å². The number of hydrogen-bond donors (Lipinski definition) is 1. The molecule has 0 fully saturated rings.